The van der Waals surface area contributed by atoms with E-state index in [1.807, 2.05) is 36.4 Å². The van der Waals surface area contributed by atoms with Crippen LogP contribution >= 0.6 is 11.8 Å². The fraction of sp³-hybridized carbons (Fsp3) is 0.0625. The largest absolute Gasteiger partial charge is 0.454 e. The molecule has 0 bridgehead atoms. The fourth-order valence-corrected chi connectivity index (χ4v) is 2.80. The molecule has 0 aliphatic carbocycles. The molecule has 1 aliphatic heterocycles. The van der Waals surface area contributed by atoms with E-state index in [0.29, 0.717) is 17.1 Å². The lowest BCUT2D eigenvalue weighted by molar-refractivity contribution is 0.102. The maximum atomic E-state index is 12.3. The molecule has 0 atom stereocenters. The van der Waals surface area contributed by atoms with E-state index in [1.165, 1.54) is 0 Å². The van der Waals surface area contributed by atoms with E-state index in [9.17, 15) is 4.79 Å². The molecular weight excluding hydrogens is 270 g/mol. The second-order valence-corrected chi connectivity index (χ2v) is 5.34. The second kappa shape index (κ2) is 5.43. The molecule has 20 heavy (non-hydrogen) atoms. The van der Waals surface area contributed by atoms with Gasteiger partial charge in [0, 0.05) is 10.6 Å². The first kappa shape index (κ1) is 12.8. The van der Waals surface area contributed by atoms with E-state index in [1.54, 1.807) is 23.9 Å². The molecule has 0 radical (unpaired) electrons. The maximum Gasteiger partial charge on any atom is 0.259 e. The quantitative estimate of drug-likeness (QED) is 0.673. The first-order chi connectivity index (χ1) is 9.79. The van der Waals surface area contributed by atoms with Gasteiger partial charge in [-0.1, -0.05) is 24.3 Å². The van der Waals surface area contributed by atoms with Crippen molar-refractivity contribution in [3.05, 3.63) is 60.7 Å². The Morgan fingerprint density at radius 3 is 2.80 bits per heavy atom. The third-order valence-corrected chi connectivity index (χ3v) is 3.99. The van der Waals surface area contributed by atoms with Crippen LogP contribution in [0.15, 0.2) is 60.0 Å². The zero-order chi connectivity index (χ0) is 13.9. The highest BCUT2D eigenvalue weighted by atomic mass is 32.2. The van der Waals surface area contributed by atoms with Crippen LogP contribution in [0.1, 0.15) is 10.4 Å². The van der Waals surface area contributed by atoms with Crippen LogP contribution in [0.4, 0.5) is 5.69 Å². The predicted molar refractivity (Wildman–Crippen MR) is 81.8 cm³/mol. The fourth-order valence-electron chi connectivity index (χ4n) is 2.03. The second-order valence-electron chi connectivity index (χ2n) is 4.28. The Morgan fingerprint density at radius 2 is 1.95 bits per heavy atom. The monoisotopic (exact) mass is 283 g/mol. The van der Waals surface area contributed by atoms with Gasteiger partial charge < -0.3 is 10.1 Å². The zero-order valence-electron chi connectivity index (χ0n) is 10.8. The van der Waals surface area contributed by atoms with Crippen molar-refractivity contribution in [3.8, 4) is 11.5 Å². The molecule has 1 heterocycles. The lowest BCUT2D eigenvalue weighted by Gasteiger charge is -2.11. The predicted octanol–water partition coefficient (Wildman–Crippen LogP) is 4.32. The molecule has 1 N–H and O–H groups in total. The molecule has 0 unspecified atom stereocenters. The Balaban J connectivity index is 2.06. The highest BCUT2D eigenvalue weighted by Gasteiger charge is 2.22. The Kier molecular flexibility index (Phi) is 3.48. The van der Waals surface area contributed by atoms with Crippen molar-refractivity contribution in [2.24, 2.45) is 0 Å². The molecule has 0 saturated heterocycles. The van der Waals surface area contributed by atoms with Gasteiger partial charge in [0.2, 0.25) is 0 Å². The molecule has 2 aromatic rings. The molecule has 0 aromatic heterocycles. The van der Waals surface area contributed by atoms with Gasteiger partial charge in [-0.15, -0.1) is 18.3 Å². The number of thioether (sulfide) groups is 1. The van der Waals surface area contributed by atoms with E-state index >= 15 is 0 Å². The summed E-state index contributed by atoms with van der Waals surface area (Å²) in [5, 5.41) is 2.94. The number of amides is 1. The lowest BCUT2D eigenvalue weighted by Crippen LogP contribution is -2.10. The topological polar surface area (TPSA) is 38.3 Å². The summed E-state index contributed by atoms with van der Waals surface area (Å²) >= 11 is 1.61. The van der Waals surface area contributed by atoms with Crippen molar-refractivity contribution in [1.29, 1.82) is 0 Å². The SMILES string of the molecule is C=CCSc1cccc2c1NC(=O)c1ccccc1O2. The van der Waals surface area contributed by atoms with Crippen molar-refractivity contribution in [1.82, 2.24) is 0 Å². The number of hydrogen-bond acceptors (Lipinski definition) is 3. The number of rotatable bonds is 3. The van der Waals surface area contributed by atoms with Crippen molar-refractivity contribution < 1.29 is 9.53 Å². The Labute approximate surface area is 121 Å². The summed E-state index contributed by atoms with van der Waals surface area (Å²) in [7, 11) is 0. The van der Waals surface area contributed by atoms with Crippen LogP contribution in [-0.2, 0) is 0 Å². The summed E-state index contributed by atoms with van der Waals surface area (Å²) in [6.07, 6.45) is 1.83. The summed E-state index contributed by atoms with van der Waals surface area (Å²) in [5.41, 5.74) is 1.27. The molecule has 4 heteroatoms. The zero-order valence-corrected chi connectivity index (χ0v) is 11.6. The number of fused-ring (bicyclic) bond motifs is 2. The van der Waals surface area contributed by atoms with Crippen LogP contribution in [0, 0.1) is 0 Å². The summed E-state index contributed by atoms with van der Waals surface area (Å²) in [6.45, 7) is 3.71. The molecule has 3 rings (SSSR count). The Bertz CT molecular complexity index is 682. The minimum absolute atomic E-state index is 0.147. The van der Waals surface area contributed by atoms with Crippen molar-refractivity contribution in [3.63, 3.8) is 0 Å². The van der Waals surface area contributed by atoms with E-state index in [0.717, 1.165) is 16.3 Å². The molecule has 0 spiro atoms. The van der Waals surface area contributed by atoms with Crippen LogP contribution in [0.3, 0.4) is 0 Å². The summed E-state index contributed by atoms with van der Waals surface area (Å²) in [5.74, 6) is 1.87. The molecular formula is C16H13NO2S. The molecule has 0 saturated carbocycles. The van der Waals surface area contributed by atoms with Gasteiger partial charge in [-0.2, -0.15) is 0 Å². The Hall–Kier alpha value is -2.20. The Morgan fingerprint density at radius 1 is 1.15 bits per heavy atom. The third-order valence-electron chi connectivity index (χ3n) is 2.93. The molecule has 1 aliphatic rings. The third kappa shape index (κ3) is 2.30. The van der Waals surface area contributed by atoms with Crippen LogP contribution in [0.2, 0.25) is 0 Å². The normalized spacial score (nSPS) is 12.5. The van der Waals surface area contributed by atoms with Crippen molar-refractivity contribution in [2.45, 2.75) is 4.90 Å². The summed E-state index contributed by atoms with van der Waals surface area (Å²) in [6, 6.07) is 13.0. The van der Waals surface area contributed by atoms with Gasteiger partial charge in [-0.3, -0.25) is 4.79 Å². The standard InChI is InChI=1S/C16H13NO2S/c1-2-10-20-14-9-5-8-13-15(14)17-16(18)11-6-3-4-7-12(11)19-13/h2-9H,1,10H2,(H,17,18). The molecule has 2 aromatic carbocycles. The van der Waals surface area contributed by atoms with Gasteiger partial charge in [0.1, 0.15) is 5.75 Å². The van der Waals surface area contributed by atoms with Gasteiger partial charge in [0.05, 0.1) is 11.3 Å². The number of carbonyl (C=O) groups is 1. The average Bonchev–Trinajstić information content (AvgIpc) is 2.61. The van der Waals surface area contributed by atoms with E-state index in [4.69, 9.17) is 4.74 Å². The lowest BCUT2D eigenvalue weighted by atomic mass is 10.2. The molecule has 3 nitrogen and oxygen atoms in total. The van der Waals surface area contributed by atoms with E-state index in [2.05, 4.69) is 11.9 Å². The number of nitrogens with one attached hydrogen (secondary N) is 1. The smallest absolute Gasteiger partial charge is 0.259 e. The van der Waals surface area contributed by atoms with Crippen LogP contribution in [0.5, 0.6) is 11.5 Å². The van der Waals surface area contributed by atoms with Crippen LogP contribution in [-0.4, -0.2) is 11.7 Å². The van der Waals surface area contributed by atoms with Gasteiger partial charge in [0.25, 0.3) is 5.91 Å². The number of anilines is 1. The van der Waals surface area contributed by atoms with Gasteiger partial charge in [0.15, 0.2) is 5.75 Å². The summed E-state index contributed by atoms with van der Waals surface area (Å²) in [4.78, 5) is 13.2. The van der Waals surface area contributed by atoms with Crippen LogP contribution < -0.4 is 10.1 Å². The maximum absolute atomic E-state index is 12.3. The average molecular weight is 283 g/mol. The van der Waals surface area contributed by atoms with E-state index in [-0.39, 0.29) is 5.91 Å². The number of hydrogen-bond donors (Lipinski definition) is 1. The number of carbonyl (C=O) groups excluding carboxylic acids is 1. The van der Waals surface area contributed by atoms with Crippen molar-refractivity contribution in [2.75, 3.05) is 11.1 Å². The molecule has 0 fully saturated rings. The number of para-hydroxylation sites is 2. The number of benzene rings is 2. The highest BCUT2D eigenvalue weighted by molar-refractivity contribution is 7.99. The summed E-state index contributed by atoms with van der Waals surface area (Å²) < 4.78 is 5.87. The first-order valence-electron chi connectivity index (χ1n) is 6.24. The molecule has 100 valence electrons. The minimum Gasteiger partial charge on any atom is -0.454 e. The van der Waals surface area contributed by atoms with Crippen LogP contribution in [0.25, 0.3) is 0 Å². The van der Waals surface area contributed by atoms with E-state index < -0.39 is 0 Å². The molecule has 1 amide bonds. The van der Waals surface area contributed by atoms with Crippen molar-refractivity contribution >= 4 is 23.4 Å². The van der Waals surface area contributed by atoms with Gasteiger partial charge in [-0.25, -0.2) is 0 Å². The van der Waals surface area contributed by atoms with Gasteiger partial charge in [-0.05, 0) is 24.3 Å². The highest BCUT2D eigenvalue weighted by Crippen LogP contribution is 2.41. The first-order valence-corrected chi connectivity index (χ1v) is 7.23. The minimum atomic E-state index is -0.147. The van der Waals surface area contributed by atoms with Gasteiger partial charge >= 0.3 is 0 Å². The number of ether oxygens (including phenoxy) is 1.